The highest BCUT2D eigenvalue weighted by atomic mass is 16.4. The lowest BCUT2D eigenvalue weighted by Gasteiger charge is -2.01. The van der Waals surface area contributed by atoms with Gasteiger partial charge in [0.2, 0.25) is 0 Å². The lowest BCUT2D eigenvalue weighted by Crippen LogP contribution is -1.87. The highest BCUT2D eigenvalue weighted by molar-refractivity contribution is 5.85. The summed E-state index contributed by atoms with van der Waals surface area (Å²) in [5.74, 6) is -0.909. The Labute approximate surface area is 103 Å². The average molecular weight is 232 g/mol. The summed E-state index contributed by atoms with van der Waals surface area (Å²) in [7, 11) is 0. The van der Waals surface area contributed by atoms with Crippen LogP contribution in [0.2, 0.25) is 0 Å². The van der Waals surface area contributed by atoms with E-state index >= 15 is 0 Å². The molecule has 2 heteroatoms. The fraction of sp³-hybridized carbons (Fsp3) is 0.400. The summed E-state index contributed by atoms with van der Waals surface area (Å²) < 4.78 is 0. The van der Waals surface area contributed by atoms with Gasteiger partial charge in [-0.15, -0.1) is 0 Å². The summed E-state index contributed by atoms with van der Waals surface area (Å²) in [5, 5.41) is 8.51. The molecule has 0 aromatic heterocycles. The van der Waals surface area contributed by atoms with Crippen LogP contribution in [0.15, 0.2) is 30.3 Å². The van der Waals surface area contributed by atoms with E-state index in [1.165, 1.54) is 31.2 Å². The van der Waals surface area contributed by atoms with Crippen LogP contribution in [0.5, 0.6) is 0 Å². The lowest BCUT2D eigenvalue weighted by atomic mass is 10.0. The Kier molecular flexibility index (Phi) is 6.08. The summed E-state index contributed by atoms with van der Waals surface area (Å²) in [6.07, 6.45) is 8.98. The highest BCUT2D eigenvalue weighted by Gasteiger charge is 1.94. The number of hydrogen-bond donors (Lipinski definition) is 1. The molecule has 0 atom stereocenters. The van der Waals surface area contributed by atoms with Crippen molar-refractivity contribution in [2.24, 2.45) is 0 Å². The van der Waals surface area contributed by atoms with Gasteiger partial charge in [-0.1, -0.05) is 50.5 Å². The number of carboxylic acids is 1. The van der Waals surface area contributed by atoms with Crippen LogP contribution in [0.3, 0.4) is 0 Å². The normalized spacial score (nSPS) is 10.9. The summed E-state index contributed by atoms with van der Waals surface area (Å²) in [5.41, 5.74) is 2.26. The van der Waals surface area contributed by atoms with E-state index in [1.54, 1.807) is 6.08 Å². The molecule has 1 aromatic carbocycles. The molecular weight excluding hydrogens is 212 g/mol. The van der Waals surface area contributed by atoms with Crippen molar-refractivity contribution in [1.82, 2.24) is 0 Å². The van der Waals surface area contributed by atoms with E-state index in [-0.39, 0.29) is 0 Å². The van der Waals surface area contributed by atoms with Crippen molar-refractivity contribution in [2.75, 3.05) is 0 Å². The van der Waals surface area contributed by atoms with Gasteiger partial charge in [0.1, 0.15) is 0 Å². The van der Waals surface area contributed by atoms with E-state index in [9.17, 15) is 4.79 Å². The fourth-order valence-electron chi connectivity index (χ4n) is 1.72. The third-order valence-electron chi connectivity index (χ3n) is 2.72. The Balaban J connectivity index is 2.42. The topological polar surface area (TPSA) is 37.3 Å². The smallest absolute Gasteiger partial charge is 0.328 e. The van der Waals surface area contributed by atoms with Crippen molar-refractivity contribution in [2.45, 2.75) is 39.0 Å². The van der Waals surface area contributed by atoms with Gasteiger partial charge >= 0.3 is 5.97 Å². The van der Waals surface area contributed by atoms with E-state index in [1.807, 2.05) is 12.1 Å². The van der Waals surface area contributed by atoms with Crippen molar-refractivity contribution >= 4 is 12.0 Å². The second kappa shape index (κ2) is 7.66. The Morgan fingerprint density at radius 1 is 1.18 bits per heavy atom. The molecule has 0 radical (unpaired) electrons. The molecule has 0 spiro atoms. The summed E-state index contributed by atoms with van der Waals surface area (Å²) in [6.45, 7) is 2.21. The van der Waals surface area contributed by atoms with Crippen molar-refractivity contribution in [1.29, 1.82) is 0 Å². The van der Waals surface area contributed by atoms with E-state index in [0.29, 0.717) is 0 Å². The average Bonchev–Trinajstić information content (AvgIpc) is 2.33. The molecule has 0 amide bonds. The van der Waals surface area contributed by atoms with Crippen LogP contribution in [-0.2, 0) is 11.2 Å². The van der Waals surface area contributed by atoms with Crippen molar-refractivity contribution in [3.05, 3.63) is 41.5 Å². The Morgan fingerprint density at radius 3 is 2.47 bits per heavy atom. The van der Waals surface area contributed by atoms with Gasteiger partial charge in [-0.3, -0.25) is 0 Å². The molecule has 0 fully saturated rings. The maximum absolute atomic E-state index is 10.4. The first-order valence-electron chi connectivity index (χ1n) is 6.22. The molecule has 1 rings (SSSR count). The van der Waals surface area contributed by atoms with Crippen LogP contribution in [0.25, 0.3) is 6.08 Å². The minimum atomic E-state index is -0.909. The number of carboxylic acid groups (broad SMARTS) is 1. The highest BCUT2D eigenvalue weighted by Crippen LogP contribution is 2.10. The predicted octanol–water partition coefficient (Wildman–Crippen LogP) is 3.91. The van der Waals surface area contributed by atoms with Gasteiger partial charge in [0.15, 0.2) is 0 Å². The SMILES string of the molecule is CCCCCCc1ccc(C=CC(=O)O)cc1. The largest absolute Gasteiger partial charge is 0.478 e. The number of carbonyl (C=O) groups is 1. The lowest BCUT2D eigenvalue weighted by molar-refractivity contribution is -0.131. The van der Waals surface area contributed by atoms with Crippen LogP contribution in [0, 0.1) is 0 Å². The molecule has 2 nitrogen and oxygen atoms in total. The van der Waals surface area contributed by atoms with Crippen LogP contribution in [-0.4, -0.2) is 11.1 Å². The van der Waals surface area contributed by atoms with Crippen LogP contribution >= 0.6 is 0 Å². The molecule has 0 aliphatic heterocycles. The molecule has 0 unspecified atom stereocenters. The molecule has 0 saturated carbocycles. The Hall–Kier alpha value is -1.57. The van der Waals surface area contributed by atoms with Gasteiger partial charge in [0.05, 0.1) is 0 Å². The molecule has 92 valence electrons. The molecule has 0 aliphatic carbocycles. The molecule has 1 aromatic rings. The summed E-state index contributed by atoms with van der Waals surface area (Å²) >= 11 is 0. The number of unbranched alkanes of at least 4 members (excludes halogenated alkanes) is 3. The third kappa shape index (κ3) is 5.91. The molecule has 1 N–H and O–H groups in total. The maximum atomic E-state index is 10.4. The predicted molar refractivity (Wildman–Crippen MR) is 71.0 cm³/mol. The number of aliphatic carboxylic acids is 1. The van der Waals surface area contributed by atoms with Crippen LogP contribution < -0.4 is 0 Å². The Morgan fingerprint density at radius 2 is 1.88 bits per heavy atom. The minimum Gasteiger partial charge on any atom is -0.478 e. The second-order valence-corrected chi connectivity index (χ2v) is 4.22. The van der Waals surface area contributed by atoms with Gasteiger partial charge in [-0.05, 0) is 30.0 Å². The van der Waals surface area contributed by atoms with E-state index in [0.717, 1.165) is 18.1 Å². The molecule has 0 saturated heterocycles. The maximum Gasteiger partial charge on any atom is 0.328 e. The molecular formula is C15H20O2. The molecule has 17 heavy (non-hydrogen) atoms. The van der Waals surface area contributed by atoms with Crippen molar-refractivity contribution in [3.63, 3.8) is 0 Å². The van der Waals surface area contributed by atoms with Gasteiger partial charge in [0, 0.05) is 6.08 Å². The van der Waals surface area contributed by atoms with Crippen LogP contribution in [0.1, 0.15) is 43.7 Å². The fourth-order valence-corrected chi connectivity index (χ4v) is 1.72. The van der Waals surface area contributed by atoms with Crippen molar-refractivity contribution < 1.29 is 9.90 Å². The second-order valence-electron chi connectivity index (χ2n) is 4.22. The standard InChI is InChI=1S/C15H20O2/c1-2-3-4-5-6-13-7-9-14(10-8-13)11-12-15(16)17/h7-12H,2-6H2,1H3,(H,16,17). The molecule has 0 heterocycles. The zero-order valence-corrected chi connectivity index (χ0v) is 10.4. The minimum absolute atomic E-state index is 0.909. The van der Waals surface area contributed by atoms with Crippen LogP contribution in [0.4, 0.5) is 0 Å². The zero-order valence-electron chi connectivity index (χ0n) is 10.4. The monoisotopic (exact) mass is 232 g/mol. The first-order chi connectivity index (χ1) is 8.22. The van der Waals surface area contributed by atoms with E-state index in [2.05, 4.69) is 19.1 Å². The first-order valence-corrected chi connectivity index (χ1v) is 6.22. The van der Waals surface area contributed by atoms with Gasteiger partial charge in [0.25, 0.3) is 0 Å². The van der Waals surface area contributed by atoms with Gasteiger partial charge in [-0.25, -0.2) is 4.79 Å². The molecule has 0 bridgehead atoms. The van der Waals surface area contributed by atoms with E-state index in [4.69, 9.17) is 5.11 Å². The number of benzene rings is 1. The summed E-state index contributed by atoms with van der Waals surface area (Å²) in [6, 6.07) is 8.09. The number of hydrogen-bond acceptors (Lipinski definition) is 1. The van der Waals surface area contributed by atoms with Gasteiger partial charge in [-0.2, -0.15) is 0 Å². The quantitative estimate of drug-likeness (QED) is 0.571. The number of aryl methyl sites for hydroxylation is 1. The number of rotatable bonds is 7. The molecule has 0 aliphatic rings. The third-order valence-corrected chi connectivity index (χ3v) is 2.72. The van der Waals surface area contributed by atoms with Gasteiger partial charge < -0.3 is 5.11 Å². The summed E-state index contributed by atoms with van der Waals surface area (Å²) in [4.78, 5) is 10.4. The zero-order chi connectivity index (χ0) is 12.5. The van der Waals surface area contributed by atoms with Crippen molar-refractivity contribution in [3.8, 4) is 0 Å². The first kappa shape index (κ1) is 13.5. The van der Waals surface area contributed by atoms with E-state index < -0.39 is 5.97 Å². The Bertz CT molecular complexity index is 363.